The van der Waals surface area contributed by atoms with E-state index in [2.05, 4.69) is 6.92 Å². The number of rotatable bonds is 7. The van der Waals surface area contributed by atoms with E-state index < -0.39 is 5.92 Å². The zero-order valence-corrected chi connectivity index (χ0v) is 15.7. The minimum absolute atomic E-state index is 0.238. The van der Waals surface area contributed by atoms with Gasteiger partial charge in [-0.2, -0.15) is 0 Å². The van der Waals surface area contributed by atoms with Crippen LogP contribution in [0.4, 0.5) is 0 Å². The van der Waals surface area contributed by atoms with Crippen LogP contribution in [0.1, 0.15) is 63.0 Å². The van der Waals surface area contributed by atoms with Crippen LogP contribution in [0.15, 0.2) is 18.2 Å². The molecule has 0 heterocycles. The fourth-order valence-electron chi connectivity index (χ4n) is 3.51. The zero-order chi connectivity index (χ0) is 18.2. The number of unbranched alkanes of at least 4 members (excludes halogenated alkanes) is 2. The lowest BCUT2D eigenvalue weighted by Crippen LogP contribution is -2.36. The van der Waals surface area contributed by atoms with Crippen LogP contribution >= 0.6 is 0 Å². The van der Waals surface area contributed by atoms with Crippen molar-refractivity contribution in [3.63, 3.8) is 0 Å². The Morgan fingerprint density at radius 3 is 2.16 bits per heavy atom. The Balaban J connectivity index is 1.98. The van der Waals surface area contributed by atoms with E-state index in [-0.39, 0.29) is 17.9 Å². The maximum Gasteiger partial charge on any atom is 0.315 e. The molecular weight excluding hydrogens is 316 g/mol. The average Bonchev–Trinajstić information content (AvgIpc) is 2.57. The first-order valence-corrected chi connectivity index (χ1v) is 9.48. The van der Waals surface area contributed by atoms with Crippen LogP contribution in [0, 0.1) is 25.7 Å². The monoisotopic (exact) mass is 346 g/mol. The van der Waals surface area contributed by atoms with E-state index in [1.807, 2.05) is 32.0 Å². The number of hydrogen-bond acceptors (Lipinski definition) is 4. The third-order valence-corrected chi connectivity index (χ3v) is 4.78. The van der Waals surface area contributed by atoms with Crippen molar-refractivity contribution in [3.8, 4) is 5.75 Å². The van der Waals surface area contributed by atoms with Gasteiger partial charge in [0.2, 0.25) is 0 Å². The van der Waals surface area contributed by atoms with Gasteiger partial charge >= 0.3 is 11.9 Å². The van der Waals surface area contributed by atoms with Crippen molar-refractivity contribution >= 4 is 11.9 Å². The Labute approximate surface area is 150 Å². The molecule has 2 unspecified atom stereocenters. The highest BCUT2D eigenvalue weighted by molar-refractivity contribution is 5.83. The second kappa shape index (κ2) is 9.59. The van der Waals surface area contributed by atoms with Crippen molar-refractivity contribution < 1.29 is 19.1 Å². The standard InChI is InChI=1S/C21H30O4/c1-4-5-8-11-24-20(22)18-9-6-7-10-19(18)21(23)25-17-13-15(2)12-16(3)14-17/h12-14,18-19H,4-11H2,1-3H3. The highest BCUT2D eigenvalue weighted by atomic mass is 16.5. The molecule has 25 heavy (non-hydrogen) atoms. The molecule has 0 N–H and O–H groups in total. The van der Waals surface area contributed by atoms with Crippen LogP contribution < -0.4 is 4.74 Å². The maximum atomic E-state index is 12.7. The summed E-state index contributed by atoms with van der Waals surface area (Å²) in [5.41, 5.74) is 2.11. The third-order valence-electron chi connectivity index (χ3n) is 4.78. The van der Waals surface area contributed by atoms with Crippen molar-refractivity contribution in [1.29, 1.82) is 0 Å². The number of ether oxygens (including phenoxy) is 2. The SMILES string of the molecule is CCCCCOC(=O)C1CCCCC1C(=O)Oc1cc(C)cc(C)c1. The number of carbonyl (C=O) groups is 2. The van der Waals surface area contributed by atoms with Gasteiger partial charge in [-0.15, -0.1) is 0 Å². The number of carbonyl (C=O) groups excluding carboxylic acids is 2. The first kappa shape index (κ1) is 19.5. The van der Waals surface area contributed by atoms with E-state index in [1.54, 1.807) is 0 Å². The molecule has 0 amide bonds. The molecule has 1 aliphatic carbocycles. The molecule has 0 aromatic heterocycles. The second-order valence-electron chi connectivity index (χ2n) is 7.12. The van der Waals surface area contributed by atoms with Crippen LogP contribution in [-0.4, -0.2) is 18.5 Å². The van der Waals surface area contributed by atoms with Gasteiger partial charge in [0.15, 0.2) is 0 Å². The molecule has 138 valence electrons. The van der Waals surface area contributed by atoms with Gasteiger partial charge < -0.3 is 9.47 Å². The van der Waals surface area contributed by atoms with Crippen LogP contribution in [-0.2, 0) is 14.3 Å². The van der Waals surface area contributed by atoms with E-state index in [9.17, 15) is 9.59 Å². The summed E-state index contributed by atoms with van der Waals surface area (Å²) in [6.07, 6.45) is 6.33. The van der Waals surface area contributed by atoms with E-state index in [1.165, 1.54) is 0 Å². The molecule has 1 aromatic carbocycles. The summed E-state index contributed by atoms with van der Waals surface area (Å²) < 4.78 is 11.0. The number of aryl methyl sites for hydroxylation is 2. The van der Waals surface area contributed by atoms with Crippen molar-refractivity contribution in [2.45, 2.75) is 65.7 Å². The van der Waals surface area contributed by atoms with Crippen molar-refractivity contribution in [1.82, 2.24) is 0 Å². The van der Waals surface area contributed by atoms with Crippen LogP contribution in [0.3, 0.4) is 0 Å². The molecule has 0 aliphatic heterocycles. The van der Waals surface area contributed by atoms with Crippen molar-refractivity contribution in [2.75, 3.05) is 6.61 Å². The van der Waals surface area contributed by atoms with E-state index in [4.69, 9.17) is 9.47 Å². The predicted molar refractivity (Wildman–Crippen MR) is 97.5 cm³/mol. The largest absolute Gasteiger partial charge is 0.465 e. The lowest BCUT2D eigenvalue weighted by molar-refractivity contribution is -0.158. The normalized spacial score (nSPS) is 20.1. The molecular formula is C21H30O4. The molecule has 0 radical (unpaired) electrons. The number of benzene rings is 1. The molecule has 0 spiro atoms. The molecule has 1 aliphatic rings. The lowest BCUT2D eigenvalue weighted by Gasteiger charge is -2.28. The summed E-state index contributed by atoms with van der Waals surface area (Å²) in [6, 6.07) is 5.74. The van der Waals surface area contributed by atoms with E-state index in [0.717, 1.165) is 43.2 Å². The van der Waals surface area contributed by atoms with Gasteiger partial charge in [-0.3, -0.25) is 9.59 Å². The molecule has 0 bridgehead atoms. The summed E-state index contributed by atoms with van der Waals surface area (Å²) in [7, 11) is 0. The van der Waals surface area contributed by atoms with E-state index in [0.29, 0.717) is 25.2 Å². The molecule has 2 atom stereocenters. The highest BCUT2D eigenvalue weighted by Gasteiger charge is 2.38. The summed E-state index contributed by atoms with van der Waals surface area (Å²) in [5.74, 6) is -0.747. The Bertz CT molecular complexity index is 573. The Morgan fingerprint density at radius 1 is 0.960 bits per heavy atom. The minimum atomic E-state index is -0.395. The minimum Gasteiger partial charge on any atom is -0.465 e. The summed E-state index contributed by atoms with van der Waals surface area (Å²) in [5, 5.41) is 0. The van der Waals surface area contributed by atoms with Gasteiger partial charge in [-0.1, -0.05) is 38.7 Å². The van der Waals surface area contributed by atoms with Crippen LogP contribution in [0.5, 0.6) is 5.75 Å². The average molecular weight is 346 g/mol. The Morgan fingerprint density at radius 2 is 1.56 bits per heavy atom. The first-order chi connectivity index (χ1) is 12.0. The second-order valence-corrected chi connectivity index (χ2v) is 7.12. The fraction of sp³-hybridized carbons (Fsp3) is 0.619. The molecule has 0 saturated heterocycles. The topological polar surface area (TPSA) is 52.6 Å². The molecule has 1 fully saturated rings. The van der Waals surface area contributed by atoms with Gasteiger partial charge in [0.1, 0.15) is 5.75 Å². The fourth-order valence-corrected chi connectivity index (χ4v) is 3.51. The van der Waals surface area contributed by atoms with Gasteiger partial charge in [0.25, 0.3) is 0 Å². The summed E-state index contributed by atoms with van der Waals surface area (Å²) in [4.78, 5) is 25.1. The zero-order valence-electron chi connectivity index (χ0n) is 15.7. The Hall–Kier alpha value is -1.84. The quantitative estimate of drug-likeness (QED) is 0.406. The van der Waals surface area contributed by atoms with Crippen molar-refractivity contribution in [3.05, 3.63) is 29.3 Å². The molecule has 4 nitrogen and oxygen atoms in total. The number of esters is 2. The van der Waals surface area contributed by atoms with E-state index >= 15 is 0 Å². The van der Waals surface area contributed by atoms with Gasteiger partial charge in [0.05, 0.1) is 18.4 Å². The van der Waals surface area contributed by atoms with Gasteiger partial charge in [0, 0.05) is 0 Å². The first-order valence-electron chi connectivity index (χ1n) is 9.48. The molecule has 1 aromatic rings. The van der Waals surface area contributed by atoms with Gasteiger partial charge in [-0.05, 0) is 56.4 Å². The predicted octanol–water partition coefficient (Wildman–Crippen LogP) is 4.75. The van der Waals surface area contributed by atoms with Crippen LogP contribution in [0.25, 0.3) is 0 Å². The summed E-state index contributed by atoms with van der Waals surface area (Å²) >= 11 is 0. The Kier molecular flexibility index (Phi) is 7.48. The molecule has 4 heteroatoms. The smallest absolute Gasteiger partial charge is 0.315 e. The lowest BCUT2D eigenvalue weighted by atomic mass is 9.79. The molecule has 1 saturated carbocycles. The maximum absolute atomic E-state index is 12.7. The summed E-state index contributed by atoms with van der Waals surface area (Å²) in [6.45, 7) is 6.51. The van der Waals surface area contributed by atoms with Crippen LogP contribution in [0.2, 0.25) is 0 Å². The van der Waals surface area contributed by atoms with Crippen molar-refractivity contribution in [2.24, 2.45) is 11.8 Å². The highest BCUT2D eigenvalue weighted by Crippen LogP contribution is 2.32. The van der Waals surface area contributed by atoms with Gasteiger partial charge in [-0.25, -0.2) is 0 Å². The third kappa shape index (κ3) is 5.87. The molecule has 2 rings (SSSR count). The number of hydrogen-bond donors (Lipinski definition) is 0.